The van der Waals surface area contributed by atoms with Gasteiger partial charge < -0.3 is 43.4 Å². The van der Waals surface area contributed by atoms with Crippen LogP contribution >= 0.6 is 0 Å². The molecule has 4 rings (SSSR count). The summed E-state index contributed by atoms with van der Waals surface area (Å²) in [5, 5.41) is 0. The zero-order valence-electron chi connectivity index (χ0n) is 23.9. The first-order valence-electron chi connectivity index (χ1n) is 13.6. The van der Waals surface area contributed by atoms with E-state index >= 15 is 0 Å². The molecule has 2 aliphatic rings. The summed E-state index contributed by atoms with van der Waals surface area (Å²) >= 11 is -1.20. The average Bonchev–Trinajstić information content (AvgIpc) is 3.62. The summed E-state index contributed by atoms with van der Waals surface area (Å²) in [6.07, 6.45) is 7.51. The molecule has 0 N–H and O–H groups in total. The third-order valence-electron chi connectivity index (χ3n) is 6.52. The topological polar surface area (TPSA) is 24.9 Å². The predicted octanol–water partition coefficient (Wildman–Crippen LogP) is 1.57. The third kappa shape index (κ3) is 13.1. The molecule has 0 saturated carbocycles. The number of aryl methyl sites for hydroxylation is 2. The van der Waals surface area contributed by atoms with Crippen molar-refractivity contribution in [2.45, 2.75) is 80.1 Å². The maximum Gasteiger partial charge on any atom is -1.00 e. The molecule has 2 fully saturated rings. The Bertz CT molecular complexity index is 777. The number of hydrogen-bond acceptors (Lipinski definition) is 4. The molecule has 0 bridgehead atoms. The van der Waals surface area contributed by atoms with Crippen LogP contribution in [0, 0.1) is 27.7 Å². The molecule has 0 aromatic heterocycles. The largest absolute Gasteiger partial charge is 1.00 e. The van der Waals surface area contributed by atoms with Crippen LogP contribution in [0.25, 0.3) is 0 Å². The van der Waals surface area contributed by atoms with Crippen LogP contribution in [0.15, 0.2) is 36.4 Å². The van der Waals surface area contributed by atoms with E-state index in [0.29, 0.717) is 0 Å². The molecule has 2 aromatic rings. The molecule has 0 unspecified atom stereocenters. The van der Waals surface area contributed by atoms with Crippen molar-refractivity contribution in [1.29, 1.82) is 0 Å². The van der Waals surface area contributed by atoms with E-state index in [1.165, 1.54) is 85.2 Å². The standard InChI is InChI=1S/2C11H16N.2C4H8O.2BrH.Hf/c2*1-4-8-12-11-7-5-6-9(2)10(11)3;2*1-2-4-5-3-1;;;/h2*5-7H,4,8H2,1-3H3;2*1-4H2;2*1H;/q2*-1;;;;;+4/p-2. The van der Waals surface area contributed by atoms with Gasteiger partial charge in [-0.2, -0.15) is 0 Å². The van der Waals surface area contributed by atoms with Crippen molar-refractivity contribution < 1.29 is 66.9 Å². The van der Waals surface area contributed by atoms with Gasteiger partial charge in [-0.05, 0) is 25.7 Å². The molecular weight excluding hydrogens is 759 g/mol. The van der Waals surface area contributed by atoms with Crippen molar-refractivity contribution in [2.24, 2.45) is 0 Å². The molecular formula is C30H48Br2HfN2O2. The summed E-state index contributed by atoms with van der Waals surface area (Å²) in [5.41, 5.74) is 8.60. The molecule has 2 saturated heterocycles. The van der Waals surface area contributed by atoms with E-state index in [2.05, 4.69) is 83.7 Å². The van der Waals surface area contributed by atoms with Crippen LogP contribution in [0.2, 0.25) is 0 Å². The fraction of sp³-hybridized carbons (Fsp3) is 0.600. The quantitative estimate of drug-likeness (QED) is 0.379. The van der Waals surface area contributed by atoms with Crippen molar-refractivity contribution >= 4 is 11.4 Å². The second kappa shape index (κ2) is 21.6. The van der Waals surface area contributed by atoms with Gasteiger partial charge in [-0.1, -0.05) is 0 Å². The maximum absolute atomic E-state index is 4.94. The maximum atomic E-state index is 4.94. The van der Waals surface area contributed by atoms with Crippen LogP contribution in [0.3, 0.4) is 0 Å². The Balaban J connectivity index is 0.000000892. The van der Waals surface area contributed by atoms with Gasteiger partial charge in [0.05, 0.1) is 0 Å². The molecule has 0 aliphatic carbocycles. The Morgan fingerprint density at radius 3 is 1.24 bits per heavy atom. The van der Waals surface area contributed by atoms with Crippen LogP contribution < -0.4 is 39.7 Å². The van der Waals surface area contributed by atoms with Gasteiger partial charge in [-0.15, -0.1) is 0 Å². The Kier molecular flexibility index (Phi) is 21.5. The van der Waals surface area contributed by atoms with E-state index in [-0.39, 0.29) is 34.0 Å². The Morgan fingerprint density at radius 1 is 0.622 bits per heavy atom. The van der Waals surface area contributed by atoms with Crippen LogP contribution in [0.1, 0.15) is 74.6 Å². The van der Waals surface area contributed by atoms with Gasteiger partial charge in [0.15, 0.2) is 0 Å². The second-order valence-corrected chi connectivity index (χ2v) is 14.1. The van der Waals surface area contributed by atoms with E-state index in [1.807, 2.05) is 0 Å². The molecule has 2 aliphatic heterocycles. The molecule has 37 heavy (non-hydrogen) atoms. The minimum absolute atomic E-state index is 0. The SMILES string of the molecule is C1CCOC1.C1CCOC1.CCC[N]([Hf+2][N](CCC)c1cccc(C)c1C)c1cccc(C)c1C.[Br-].[Br-]. The van der Waals surface area contributed by atoms with E-state index < -0.39 is 23.5 Å². The van der Waals surface area contributed by atoms with Crippen molar-refractivity contribution in [3.8, 4) is 0 Å². The molecule has 208 valence electrons. The summed E-state index contributed by atoms with van der Waals surface area (Å²) in [7, 11) is 0. The molecule has 0 spiro atoms. The fourth-order valence-corrected chi connectivity index (χ4v) is 10.0. The number of anilines is 2. The number of rotatable bonds is 8. The van der Waals surface area contributed by atoms with Crippen LogP contribution in [-0.2, 0) is 33.0 Å². The molecule has 2 aromatic carbocycles. The first kappa shape index (κ1) is 36.8. The smallest absolute Gasteiger partial charge is 1.00 e. The molecule has 0 radical (unpaired) electrons. The van der Waals surface area contributed by atoms with Crippen LogP contribution in [-0.4, -0.2) is 39.5 Å². The summed E-state index contributed by atoms with van der Waals surface area (Å²) in [5.74, 6) is 0. The number of nitrogens with zero attached hydrogens (tertiary/aromatic N) is 2. The van der Waals surface area contributed by atoms with Crippen LogP contribution in [0.5, 0.6) is 0 Å². The predicted molar refractivity (Wildman–Crippen MR) is 147 cm³/mol. The second-order valence-electron chi connectivity index (χ2n) is 9.48. The summed E-state index contributed by atoms with van der Waals surface area (Å²) in [4.78, 5) is 0. The van der Waals surface area contributed by atoms with E-state index in [4.69, 9.17) is 9.47 Å². The minimum atomic E-state index is -1.20. The minimum Gasteiger partial charge on any atom is -1.00 e. The Morgan fingerprint density at radius 2 is 0.973 bits per heavy atom. The van der Waals surface area contributed by atoms with Crippen molar-refractivity contribution in [2.75, 3.05) is 45.3 Å². The molecule has 0 atom stereocenters. The summed E-state index contributed by atoms with van der Waals surface area (Å²) in [6, 6.07) is 13.5. The van der Waals surface area contributed by atoms with Gasteiger partial charge >= 0.3 is 167 Å². The number of benzene rings is 2. The number of ether oxygens (including phenoxy) is 2. The zero-order valence-corrected chi connectivity index (χ0v) is 30.7. The monoisotopic (exact) mass is 806 g/mol. The summed E-state index contributed by atoms with van der Waals surface area (Å²) in [6.45, 7) is 19.9. The number of hydrogen-bond donors (Lipinski definition) is 0. The van der Waals surface area contributed by atoms with Crippen molar-refractivity contribution in [3.63, 3.8) is 0 Å². The van der Waals surface area contributed by atoms with Gasteiger partial charge in [-0.25, -0.2) is 0 Å². The van der Waals surface area contributed by atoms with Gasteiger partial charge in [0.1, 0.15) is 0 Å². The zero-order chi connectivity index (χ0) is 25.5. The number of halogens is 2. The molecule has 0 amide bonds. The van der Waals surface area contributed by atoms with Gasteiger partial charge in [0.25, 0.3) is 0 Å². The first-order chi connectivity index (χ1) is 17.0. The van der Waals surface area contributed by atoms with Crippen molar-refractivity contribution in [1.82, 2.24) is 0 Å². The third-order valence-corrected chi connectivity index (χ3v) is 11.6. The average molecular weight is 807 g/mol. The Labute approximate surface area is 260 Å². The molecule has 2 heterocycles. The van der Waals surface area contributed by atoms with E-state index in [9.17, 15) is 0 Å². The van der Waals surface area contributed by atoms with Gasteiger partial charge in [-0.3, -0.25) is 0 Å². The van der Waals surface area contributed by atoms with Gasteiger partial charge in [0.2, 0.25) is 0 Å². The van der Waals surface area contributed by atoms with Crippen molar-refractivity contribution in [3.05, 3.63) is 58.7 Å². The normalized spacial score (nSPS) is 13.6. The summed E-state index contributed by atoms with van der Waals surface area (Å²) < 4.78 is 15.4. The van der Waals surface area contributed by atoms with E-state index in [0.717, 1.165) is 26.4 Å². The molecule has 7 heteroatoms. The molecule has 4 nitrogen and oxygen atoms in total. The van der Waals surface area contributed by atoms with Crippen LogP contribution in [0.4, 0.5) is 11.4 Å². The Hall–Kier alpha value is -0.210. The van der Waals surface area contributed by atoms with E-state index in [1.54, 1.807) is 0 Å². The van der Waals surface area contributed by atoms with Gasteiger partial charge in [0, 0.05) is 26.4 Å². The first-order valence-corrected chi connectivity index (χ1v) is 16.8. The fourth-order valence-electron chi connectivity index (χ4n) is 4.12.